The maximum atomic E-state index is 11.8. The van der Waals surface area contributed by atoms with E-state index in [-0.39, 0.29) is 29.6 Å². The number of hydrogen-bond donors (Lipinski definition) is 1. The molecule has 1 fully saturated rings. The Hall–Kier alpha value is -1.32. The van der Waals surface area contributed by atoms with Crippen molar-refractivity contribution >= 4 is 11.7 Å². The lowest BCUT2D eigenvalue weighted by Gasteiger charge is -2.05. The molecule has 1 heterocycles. The van der Waals surface area contributed by atoms with Crippen LogP contribution in [0.1, 0.15) is 90.4 Å². The highest BCUT2D eigenvalue weighted by Crippen LogP contribution is 2.19. The molecule has 0 atom stereocenters. The maximum Gasteiger partial charge on any atom is 0.261 e. The summed E-state index contributed by atoms with van der Waals surface area (Å²) in [5.74, 6) is -0.600. The van der Waals surface area contributed by atoms with Crippen molar-refractivity contribution in [2.75, 3.05) is 13.6 Å². The van der Waals surface area contributed by atoms with Gasteiger partial charge in [-0.3, -0.25) is 9.59 Å². The molecule has 4 heteroatoms. The first-order valence-electron chi connectivity index (χ1n) is 9.78. The van der Waals surface area contributed by atoms with Crippen LogP contribution in [0, 0.1) is 0 Å². The number of amides is 1. The molecule has 0 radical (unpaired) electrons. The summed E-state index contributed by atoms with van der Waals surface area (Å²) in [6.07, 6.45) is 15.5. The lowest BCUT2D eigenvalue weighted by Crippen LogP contribution is -2.19. The second-order valence-corrected chi connectivity index (χ2v) is 7.05. The summed E-state index contributed by atoms with van der Waals surface area (Å²) < 4.78 is 0. The normalized spacial score (nSPS) is 17.0. The molecule has 24 heavy (non-hydrogen) atoms. The van der Waals surface area contributed by atoms with Gasteiger partial charge in [0.25, 0.3) is 5.91 Å². The molecule has 0 aromatic heterocycles. The number of aliphatic hydroxyl groups is 1. The van der Waals surface area contributed by atoms with E-state index in [2.05, 4.69) is 6.92 Å². The highest BCUT2D eigenvalue weighted by atomic mass is 16.3. The summed E-state index contributed by atoms with van der Waals surface area (Å²) in [4.78, 5) is 24.8. The van der Waals surface area contributed by atoms with Crippen LogP contribution in [0.5, 0.6) is 0 Å². The molecule has 0 aromatic rings. The Morgan fingerprint density at radius 3 is 1.75 bits per heavy atom. The van der Waals surface area contributed by atoms with Crippen molar-refractivity contribution < 1.29 is 14.7 Å². The minimum Gasteiger partial charge on any atom is -0.511 e. The first-order valence-corrected chi connectivity index (χ1v) is 9.78. The minimum atomic E-state index is -0.337. The molecule has 0 spiro atoms. The van der Waals surface area contributed by atoms with E-state index in [1.54, 1.807) is 7.05 Å². The monoisotopic (exact) mass is 337 g/mol. The third kappa shape index (κ3) is 7.50. The summed E-state index contributed by atoms with van der Waals surface area (Å²) in [7, 11) is 1.59. The molecule has 0 saturated carbocycles. The summed E-state index contributed by atoms with van der Waals surface area (Å²) >= 11 is 0. The van der Waals surface area contributed by atoms with Gasteiger partial charge in [-0.25, -0.2) is 0 Å². The van der Waals surface area contributed by atoms with Crippen LogP contribution in [0.4, 0.5) is 0 Å². The smallest absolute Gasteiger partial charge is 0.261 e. The largest absolute Gasteiger partial charge is 0.511 e. The zero-order valence-corrected chi connectivity index (χ0v) is 15.6. The zero-order chi connectivity index (χ0) is 17.8. The third-order valence-corrected chi connectivity index (χ3v) is 4.78. The van der Waals surface area contributed by atoms with Crippen LogP contribution in [-0.4, -0.2) is 35.3 Å². The first kappa shape index (κ1) is 20.7. The number of ketones is 1. The summed E-state index contributed by atoms with van der Waals surface area (Å²) in [5.41, 5.74) is 0.0144. The predicted octanol–water partition coefficient (Wildman–Crippen LogP) is 4.93. The Kier molecular flexibility index (Phi) is 10.4. The summed E-state index contributed by atoms with van der Waals surface area (Å²) in [6.45, 7) is 2.34. The second-order valence-electron chi connectivity index (χ2n) is 7.05. The highest BCUT2D eigenvalue weighted by Gasteiger charge is 2.33. The predicted molar refractivity (Wildman–Crippen MR) is 98.0 cm³/mol. The Morgan fingerprint density at radius 1 is 0.875 bits per heavy atom. The van der Waals surface area contributed by atoms with Crippen LogP contribution >= 0.6 is 0 Å². The first-order chi connectivity index (χ1) is 11.6. The highest BCUT2D eigenvalue weighted by molar-refractivity contribution is 6.25. The van der Waals surface area contributed by atoms with Gasteiger partial charge in [-0.1, -0.05) is 77.6 Å². The van der Waals surface area contributed by atoms with Gasteiger partial charge in [0.05, 0.1) is 6.54 Å². The lowest BCUT2D eigenvalue weighted by molar-refractivity contribution is -0.123. The fourth-order valence-corrected chi connectivity index (χ4v) is 3.22. The van der Waals surface area contributed by atoms with E-state index in [1.807, 2.05) is 0 Å². The SMILES string of the molecule is CCCCCCCCCCCCCC/C(O)=C1\C(=O)CN(C)C1=O. The van der Waals surface area contributed by atoms with Crippen LogP contribution in [0.25, 0.3) is 0 Å². The van der Waals surface area contributed by atoms with E-state index in [1.165, 1.54) is 69.1 Å². The molecule has 1 rings (SSSR count). The topological polar surface area (TPSA) is 57.6 Å². The Labute approximate surface area is 147 Å². The van der Waals surface area contributed by atoms with Crippen molar-refractivity contribution in [3.63, 3.8) is 0 Å². The fourth-order valence-electron chi connectivity index (χ4n) is 3.22. The number of carbonyl (C=O) groups is 2. The number of nitrogens with zero attached hydrogens (tertiary/aromatic N) is 1. The molecule has 0 aromatic carbocycles. The maximum absolute atomic E-state index is 11.8. The quantitative estimate of drug-likeness (QED) is 0.224. The molecule has 1 aliphatic rings. The molecule has 1 saturated heterocycles. The molecule has 0 aliphatic carbocycles. The number of allylic oxidation sites excluding steroid dienone is 1. The van der Waals surface area contributed by atoms with Crippen LogP contribution in [0.15, 0.2) is 11.3 Å². The van der Waals surface area contributed by atoms with Gasteiger partial charge in [0.15, 0.2) is 5.78 Å². The molecule has 1 aliphatic heterocycles. The number of likely N-dealkylation sites (N-methyl/N-ethyl adjacent to an activating group) is 1. The van der Waals surface area contributed by atoms with Crippen molar-refractivity contribution in [1.82, 2.24) is 4.90 Å². The van der Waals surface area contributed by atoms with Gasteiger partial charge in [-0.05, 0) is 6.42 Å². The number of Topliss-reactive ketones (excluding diaryl/α,β-unsaturated/α-hetero) is 1. The summed E-state index contributed by atoms with van der Waals surface area (Å²) in [5, 5.41) is 9.98. The van der Waals surface area contributed by atoms with Crippen molar-refractivity contribution in [3.8, 4) is 0 Å². The van der Waals surface area contributed by atoms with E-state index in [0.717, 1.165) is 12.8 Å². The molecular formula is C20H35NO3. The van der Waals surface area contributed by atoms with E-state index < -0.39 is 0 Å². The second kappa shape index (κ2) is 12.1. The van der Waals surface area contributed by atoms with Crippen molar-refractivity contribution in [1.29, 1.82) is 0 Å². The zero-order valence-electron chi connectivity index (χ0n) is 15.6. The number of carbonyl (C=O) groups excluding carboxylic acids is 2. The summed E-state index contributed by atoms with van der Waals surface area (Å²) in [6, 6.07) is 0. The van der Waals surface area contributed by atoms with Crippen LogP contribution in [0.2, 0.25) is 0 Å². The number of hydrogen-bond acceptors (Lipinski definition) is 3. The minimum absolute atomic E-state index is 0.0126. The Morgan fingerprint density at radius 2 is 1.33 bits per heavy atom. The van der Waals surface area contributed by atoms with Gasteiger partial charge in [0.2, 0.25) is 0 Å². The lowest BCUT2D eigenvalue weighted by atomic mass is 10.0. The van der Waals surface area contributed by atoms with Gasteiger partial charge in [0.1, 0.15) is 11.3 Å². The molecular weight excluding hydrogens is 302 g/mol. The standard InChI is InChI=1S/C20H35NO3/c1-3-4-5-6-7-8-9-10-11-12-13-14-15-17(22)19-18(23)16-21(2)20(19)24/h22H,3-16H2,1-2H3/b19-17-. The van der Waals surface area contributed by atoms with E-state index in [0.29, 0.717) is 6.42 Å². The third-order valence-electron chi connectivity index (χ3n) is 4.78. The van der Waals surface area contributed by atoms with Gasteiger partial charge < -0.3 is 10.0 Å². The van der Waals surface area contributed by atoms with Gasteiger partial charge in [0, 0.05) is 13.5 Å². The number of unbranched alkanes of at least 4 members (excludes halogenated alkanes) is 11. The van der Waals surface area contributed by atoms with Crippen LogP contribution in [0.3, 0.4) is 0 Å². The van der Waals surface area contributed by atoms with Gasteiger partial charge in [-0.15, -0.1) is 0 Å². The molecule has 1 amide bonds. The number of aliphatic hydroxyl groups excluding tert-OH is 1. The van der Waals surface area contributed by atoms with Crippen LogP contribution in [-0.2, 0) is 9.59 Å². The molecule has 4 nitrogen and oxygen atoms in total. The molecule has 0 unspecified atom stereocenters. The fraction of sp³-hybridized carbons (Fsp3) is 0.800. The van der Waals surface area contributed by atoms with Crippen molar-refractivity contribution in [3.05, 3.63) is 11.3 Å². The average molecular weight is 338 g/mol. The van der Waals surface area contributed by atoms with E-state index in [9.17, 15) is 14.7 Å². The molecule has 138 valence electrons. The van der Waals surface area contributed by atoms with Crippen LogP contribution < -0.4 is 0 Å². The Bertz CT molecular complexity index is 429. The number of likely N-dealkylation sites (tertiary alicyclic amines) is 1. The van der Waals surface area contributed by atoms with E-state index in [4.69, 9.17) is 0 Å². The molecule has 0 bridgehead atoms. The Balaban J connectivity index is 2.01. The van der Waals surface area contributed by atoms with E-state index >= 15 is 0 Å². The molecule has 1 N–H and O–H groups in total. The van der Waals surface area contributed by atoms with Crippen molar-refractivity contribution in [2.24, 2.45) is 0 Å². The van der Waals surface area contributed by atoms with Gasteiger partial charge >= 0.3 is 0 Å². The average Bonchev–Trinajstić information content (AvgIpc) is 2.81. The van der Waals surface area contributed by atoms with Crippen molar-refractivity contribution in [2.45, 2.75) is 90.4 Å². The number of rotatable bonds is 13. The van der Waals surface area contributed by atoms with Gasteiger partial charge in [-0.2, -0.15) is 0 Å².